The molecule has 22 heavy (non-hydrogen) atoms. The van der Waals surface area contributed by atoms with Crippen LogP contribution in [0, 0.1) is 11.3 Å². The van der Waals surface area contributed by atoms with Crippen LogP contribution in [0.1, 0.15) is 11.3 Å². The zero-order chi connectivity index (χ0) is 15.5. The summed E-state index contributed by atoms with van der Waals surface area (Å²) < 4.78 is 6.83. The van der Waals surface area contributed by atoms with Crippen molar-refractivity contribution in [2.75, 3.05) is 7.11 Å². The van der Waals surface area contributed by atoms with E-state index in [1.54, 1.807) is 18.6 Å². The molecule has 0 fully saturated rings. The number of pyridine rings is 1. The molecule has 0 saturated carbocycles. The molecule has 0 aliphatic heterocycles. The lowest BCUT2D eigenvalue weighted by Crippen LogP contribution is -2.32. The summed E-state index contributed by atoms with van der Waals surface area (Å²) in [5, 5.41) is 18.4. The molecular weight excluding hydrogens is 279 g/mol. The van der Waals surface area contributed by atoms with Crippen molar-refractivity contribution in [3.05, 3.63) is 54.1 Å². The fourth-order valence-corrected chi connectivity index (χ4v) is 2.26. The third-order valence-electron chi connectivity index (χ3n) is 3.46. The van der Waals surface area contributed by atoms with Gasteiger partial charge in [0.1, 0.15) is 11.8 Å². The predicted octanol–water partition coefficient (Wildman–Crippen LogP) is 0.685. The molecule has 0 amide bonds. The van der Waals surface area contributed by atoms with Gasteiger partial charge < -0.3 is 14.2 Å². The van der Waals surface area contributed by atoms with Gasteiger partial charge in [-0.05, 0) is 11.0 Å². The Bertz CT molecular complexity index is 839. The number of nitriles is 1. The van der Waals surface area contributed by atoms with Gasteiger partial charge in [-0.2, -0.15) is 5.26 Å². The van der Waals surface area contributed by atoms with Crippen molar-refractivity contribution in [2.24, 2.45) is 0 Å². The molecule has 0 atom stereocenters. The lowest BCUT2D eigenvalue weighted by molar-refractivity contribution is 0.341. The summed E-state index contributed by atoms with van der Waals surface area (Å²) in [7, 11) is 0.551. The van der Waals surface area contributed by atoms with Crippen LogP contribution < -0.4 is 5.46 Å². The first-order chi connectivity index (χ1) is 10.7. The summed E-state index contributed by atoms with van der Waals surface area (Å²) in [6.45, 7) is 0.632. The Morgan fingerprint density at radius 3 is 2.77 bits per heavy atom. The maximum absolute atomic E-state index is 9.60. The van der Waals surface area contributed by atoms with Crippen molar-refractivity contribution >= 4 is 23.6 Å². The van der Waals surface area contributed by atoms with Gasteiger partial charge in [-0.25, -0.2) is 9.97 Å². The Kier molecular flexibility index (Phi) is 3.87. The number of imidazole rings is 1. The first-order valence-corrected chi connectivity index (χ1v) is 6.72. The van der Waals surface area contributed by atoms with Crippen LogP contribution in [0.5, 0.6) is 0 Å². The number of hydrogen-bond acceptors (Lipinski definition) is 5. The van der Waals surface area contributed by atoms with Gasteiger partial charge in [0.05, 0.1) is 23.6 Å². The van der Waals surface area contributed by atoms with Crippen molar-refractivity contribution in [3.63, 3.8) is 0 Å². The number of fused-ring (bicyclic) bond motifs is 1. The highest BCUT2D eigenvalue weighted by Gasteiger charge is 2.13. The summed E-state index contributed by atoms with van der Waals surface area (Å²) in [6, 6.07) is 11.2. The van der Waals surface area contributed by atoms with Crippen LogP contribution in [-0.4, -0.2) is 33.8 Å². The van der Waals surface area contributed by atoms with E-state index in [4.69, 9.17) is 9.92 Å². The minimum atomic E-state index is -0.906. The molecule has 108 valence electrons. The van der Waals surface area contributed by atoms with Crippen LogP contribution in [0.3, 0.4) is 0 Å². The number of aromatic nitrogens is 3. The molecular formula is C15H13BN4O2. The smallest absolute Gasteiger partial charge is 0.423 e. The fourth-order valence-electron chi connectivity index (χ4n) is 2.26. The molecule has 0 aliphatic rings. The van der Waals surface area contributed by atoms with Gasteiger partial charge in [0.25, 0.3) is 0 Å². The topological polar surface area (TPSA) is 84.0 Å². The summed E-state index contributed by atoms with van der Waals surface area (Å²) in [5.41, 5.74) is 3.76. The summed E-state index contributed by atoms with van der Waals surface area (Å²) in [4.78, 5) is 8.37. The summed E-state index contributed by atoms with van der Waals surface area (Å²) >= 11 is 0. The maximum atomic E-state index is 9.60. The number of benzene rings is 1. The van der Waals surface area contributed by atoms with E-state index in [0.717, 1.165) is 16.6 Å². The van der Waals surface area contributed by atoms with Crippen LogP contribution in [0.25, 0.3) is 11.0 Å². The van der Waals surface area contributed by atoms with Crippen molar-refractivity contribution in [1.29, 1.82) is 5.26 Å². The molecule has 2 aromatic heterocycles. The molecule has 0 unspecified atom stereocenters. The first-order valence-electron chi connectivity index (χ1n) is 6.72. The first kappa shape index (κ1) is 14.3. The number of nitrogens with zero attached hydrogens (tertiary/aromatic N) is 4. The zero-order valence-electron chi connectivity index (χ0n) is 12.0. The molecule has 6 nitrogen and oxygen atoms in total. The van der Waals surface area contributed by atoms with Gasteiger partial charge in [0, 0.05) is 19.7 Å². The van der Waals surface area contributed by atoms with E-state index in [1.807, 2.05) is 34.9 Å². The Morgan fingerprint density at radius 2 is 2.09 bits per heavy atom. The van der Waals surface area contributed by atoms with Crippen molar-refractivity contribution in [2.45, 2.75) is 6.54 Å². The number of rotatable bonds is 4. The minimum Gasteiger partial charge on any atom is -0.423 e. The Labute approximate surface area is 127 Å². The molecule has 7 heteroatoms. The van der Waals surface area contributed by atoms with E-state index in [2.05, 4.69) is 9.97 Å². The lowest BCUT2D eigenvalue weighted by Gasteiger charge is -2.07. The van der Waals surface area contributed by atoms with E-state index in [0.29, 0.717) is 17.7 Å². The van der Waals surface area contributed by atoms with E-state index in [-0.39, 0.29) is 0 Å². The van der Waals surface area contributed by atoms with Gasteiger partial charge in [-0.3, -0.25) is 0 Å². The zero-order valence-corrected chi connectivity index (χ0v) is 12.0. The Hall–Kier alpha value is -2.69. The Balaban J connectivity index is 1.85. The molecule has 0 bridgehead atoms. The standard InChI is InChI=1S/C15H13BN4O2/c1-22-16(21)12-4-2-11(3-5-12)9-20-10-19-14-6-13(7-17)18-8-15(14)20/h2-6,8,10,21H,9H2,1H3. The summed E-state index contributed by atoms with van der Waals surface area (Å²) in [6.07, 6.45) is 3.38. The molecule has 0 aliphatic carbocycles. The van der Waals surface area contributed by atoms with Crippen LogP contribution >= 0.6 is 0 Å². The normalized spacial score (nSPS) is 10.6. The highest BCUT2D eigenvalue weighted by Crippen LogP contribution is 2.14. The second kappa shape index (κ2) is 5.97. The monoisotopic (exact) mass is 292 g/mol. The molecule has 2 heterocycles. The van der Waals surface area contributed by atoms with Crippen molar-refractivity contribution < 1.29 is 9.68 Å². The van der Waals surface area contributed by atoms with Crippen LogP contribution in [-0.2, 0) is 11.2 Å². The van der Waals surface area contributed by atoms with E-state index in [9.17, 15) is 5.02 Å². The van der Waals surface area contributed by atoms with Crippen LogP contribution in [0.15, 0.2) is 42.9 Å². The van der Waals surface area contributed by atoms with Crippen LogP contribution in [0.2, 0.25) is 0 Å². The highest BCUT2D eigenvalue weighted by atomic mass is 16.5. The molecule has 0 radical (unpaired) electrons. The van der Waals surface area contributed by atoms with Gasteiger partial charge in [0.2, 0.25) is 0 Å². The van der Waals surface area contributed by atoms with Crippen LogP contribution in [0.4, 0.5) is 0 Å². The molecule has 3 aromatic rings. The van der Waals surface area contributed by atoms with Gasteiger partial charge in [-0.1, -0.05) is 24.3 Å². The maximum Gasteiger partial charge on any atom is 0.490 e. The SMILES string of the molecule is COB(O)c1ccc(Cn2cnc3cc(C#N)ncc32)cc1. The molecule has 0 saturated heterocycles. The molecule has 1 aromatic carbocycles. The average molecular weight is 292 g/mol. The second-order valence-corrected chi connectivity index (χ2v) is 4.87. The predicted molar refractivity (Wildman–Crippen MR) is 82.4 cm³/mol. The second-order valence-electron chi connectivity index (χ2n) is 4.87. The van der Waals surface area contributed by atoms with E-state index >= 15 is 0 Å². The van der Waals surface area contributed by atoms with E-state index in [1.165, 1.54) is 7.11 Å². The van der Waals surface area contributed by atoms with Gasteiger partial charge in [-0.15, -0.1) is 0 Å². The largest absolute Gasteiger partial charge is 0.490 e. The number of hydrogen-bond donors (Lipinski definition) is 1. The van der Waals surface area contributed by atoms with E-state index < -0.39 is 7.12 Å². The lowest BCUT2D eigenvalue weighted by atomic mass is 9.79. The fraction of sp³-hybridized carbons (Fsp3) is 0.133. The van der Waals surface area contributed by atoms with Gasteiger partial charge in [0.15, 0.2) is 0 Å². The average Bonchev–Trinajstić information content (AvgIpc) is 2.97. The Morgan fingerprint density at radius 1 is 1.32 bits per heavy atom. The highest BCUT2D eigenvalue weighted by molar-refractivity contribution is 6.59. The summed E-state index contributed by atoms with van der Waals surface area (Å²) in [5.74, 6) is 0. The third-order valence-corrected chi connectivity index (χ3v) is 3.46. The van der Waals surface area contributed by atoms with Crippen molar-refractivity contribution in [1.82, 2.24) is 14.5 Å². The van der Waals surface area contributed by atoms with Gasteiger partial charge >= 0.3 is 7.12 Å². The molecule has 3 rings (SSSR count). The molecule has 1 N–H and O–H groups in total. The molecule has 0 spiro atoms. The third kappa shape index (κ3) is 2.70. The quantitative estimate of drug-likeness (QED) is 0.715. The minimum absolute atomic E-state index is 0.357. The van der Waals surface area contributed by atoms with Crippen molar-refractivity contribution in [3.8, 4) is 6.07 Å².